The lowest BCUT2D eigenvalue weighted by Gasteiger charge is -2.32. The molecule has 0 N–H and O–H groups in total. The van der Waals surface area contributed by atoms with Crippen molar-refractivity contribution >= 4 is 5.91 Å². The zero-order chi connectivity index (χ0) is 16.4. The summed E-state index contributed by atoms with van der Waals surface area (Å²) >= 11 is 0. The van der Waals surface area contributed by atoms with Gasteiger partial charge in [-0.15, -0.1) is 0 Å². The summed E-state index contributed by atoms with van der Waals surface area (Å²) in [5, 5.41) is 0. The Balaban J connectivity index is 1.41. The minimum Gasteiger partial charge on any atom is -0.380 e. The van der Waals surface area contributed by atoms with Gasteiger partial charge in [0.15, 0.2) is 0 Å². The van der Waals surface area contributed by atoms with Crippen LogP contribution in [0.25, 0.3) is 0 Å². The van der Waals surface area contributed by atoms with Crippen LogP contribution in [-0.2, 0) is 20.8 Å². The highest BCUT2D eigenvalue weighted by atomic mass is 16.5. The van der Waals surface area contributed by atoms with Crippen molar-refractivity contribution in [2.75, 3.05) is 52.6 Å². The predicted octanol–water partition coefficient (Wildman–Crippen LogP) is 0.779. The number of rotatable bonds is 4. The molecule has 6 nitrogen and oxygen atoms in total. The summed E-state index contributed by atoms with van der Waals surface area (Å²) in [5.74, 6) is 0.719. The average Bonchev–Trinajstić information content (AvgIpc) is 3.12. The van der Waals surface area contributed by atoms with Crippen LogP contribution in [0, 0.1) is 11.3 Å². The van der Waals surface area contributed by atoms with Crippen LogP contribution in [0.1, 0.15) is 12.0 Å². The van der Waals surface area contributed by atoms with E-state index in [1.807, 2.05) is 17.2 Å². The van der Waals surface area contributed by atoms with Crippen LogP contribution in [0.5, 0.6) is 0 Å². The van der Waals surface area contributed by atoms with Crippen molar-refractivity contribution in [3.8, 4) is 0 Å². The second kappa shape index (κ2) is 6.78. The fourth-order valence-electron chi connectivity index (χ4n) is 4.29. The second-order valence-electron chi connectivity index (χ2n) is 7.28. The van der Waals surface area contributed by atoms with Crippen molar-refractivity contribution in [2.24, 2.45) is 11.3 Å². The first-order valence-corrected chi connectivity index (χ1v) is 8.80. The molecule has 3 fully saturated rings. The van der Waals surface area contributed by atoms with Gasteiger partial charge < -0.3 is 14.4 Å². The van der Waals surface area contributed by atoms with E-state index in [0.29, 0.717) is 32.2 Å². The van der Waals surface area contributed by atoms with Gasteiger partial charge in [0.2, 0.25) is 5.91 Å². The topological polar surface area (TPSA) is 54.9 Å². The summed E-state index contributed by atoms with van der Waals surface area (Å²) in [6.45, 7) is 7.08. The maximum absolute atomic E-state index is 12.7. The van der Waals surface area contributed by atoms with Crippen LogP contribution in [0.2, 0.25) is 0 Å². The fraction of sp³-hybridized carbons (Fsp3) is 0.667. The Kier molecular flexibility index (Phi) is 4.52. The third-order valence-electron chi connectivity index (χ3n) is 5.59. The Morgan fingerprint density at radius 3 is 3.00 bits per heavy atom. The van der Waals surface area contributed by atoms with E-state index in [2.05, 4.69) is 16.0 Å². The summed E-state index contributed by atoms with van der Waals surface area (Å²) in [6.07, 6.45) is 4.33. The molecule has 1 aromatic rings. The van der Waals surface area contributed by atoms with Crippen LogP contribution in [0.3, 0.4) is 0 Å². The van der Waals surface area contributed by atoms with E-state index in [1.165, 1.54) is 5.56 Å². The number of carbonyl (C=O) groups excluding carboxylic acids is 1. The zero-order valence-corrected chi connectivity index (χ0v) is 14.0. The first-order valence-electron chi connectivity index (χ1n) is 8.80. The number of amides is 1. The standard InChI is InChI=1S/C18H25N3O3/c22-17(21-4-6-23-7-5-21)8-18-13-20(11-16(18)12-24-14-18)10-15-2-1-3-19-9-15/h1-3,9,16H,4-8,10-14H2/t16-,18+/m1/s1. The molecule has 3 saturated heterocycles. The van der Waals surface area contributed by atoms with Crippen LogP contribution in [0.4, 0.5) is 0 Å². The summed E-state index contributed by atoms with van der Waals surface area (Å²) in [5.41, 5.74) is 1.21. The lowest BCUT2D eigenvalue weighted by atomic mass is 9.77. The fourth-order valence-corrected chi connectivity index (χ4v) is 4.29. The predicted molar refractivity (Wildman–Crippen MR) is 88.3 cm³/mol. The molecule has 0 spiro atoms. The molecule has 24 heavy (non-hydrogen) atoms. The van der Waals surface area contributed by atoms with E-state index in [1.54, 1.807) is 6.20 Å². The highest BCUT2D eigenvalue weighted by Gasteiger charge is 2.51. The third kappa shape index (κ3) is 3.18. The summed E-state index contributed by atoms with van der Waals surface area (Å²) < 4.78 is 11.1. The van der Waals surface area contributed by atoms with E-state index in [0.717, 1.165) is 39.3 Å². The Hall–Kier alpha value is -1.50. The lowest BCUT2D eigenvalue weighted by Crippen LogP contribution is -2.44. The average molecular weight is 331 g/mol. The lowest BCUT2D eigenvalue weighted by molar-refractivity contribution is -0.138. The van der Waals surface area contributed by atoms with E-state index in [4.69, 9.17) is 9.47 Å². The molecule has 0 aromatic carbocycles. The van der Waals surface area contributed by atoms with E-state index < -0.39 is 0 Å². The molecule has 4 heterocycles. The molecule has 0 radical (unpaired) electrons. The molecule has 0 bridgehead atoms. The van der Waals surface area contributed by atoms with Gasteiger partial charge in [-0.05, 0) is 11.6 Å². The Morgan fingerprint density at radius 2 is 2.21 bits per heavy atom. The van der Waals surface area contributed by atoms with Gasteiger partial charge in [0, 0.05) is 62.9 Å². The second-order valence-corrected chi connectivity index (χ2v) is 7.28. The summed E-state index contributed by atoms with van der Waals surface area (Å²) in [6, 6.07) is 4.09. The van der Waals surface area contributed by atoms with Gasteiger partial charge in [-0.1, -0.05) is 6.07 Å². The Bertz CT molecular complexity index is 576. The van der Waals surface area contributed by atoms with Crippen LogP contribution >= 0.6 is 0 Å². The molecule has 3 aliphatic heterocycles. The van der Waals surface area contributed by atoms with Gasteiger partial charge in [-0.3, -0.25) is 14.7 Å². The van der Waals surface area contributed by atoms with Crippen molar-refractivity contribution in [3.05, 3.63) is 30.1 Å². The van der Waals surface area contributed by atoms with E-state index in [9.17, 15) is 4.79 Å². The number of hydrogen-bond donors (Lipinski definition) is 0. The van der Waals surface area contributed by atoms with Crippen LogP contribution in [0.15, 0.2) is 24.5 Å². The molecular formula is C18H25N3O3. The number of pyridine rings is 1. The van der Waals surface area contributed by atoms with Gasteiger partial charge in [0.1, 0.15) is 0 Å². The molecule has 0 saturated carbocycles. The Labute approximate surface area is 142 Å². The highest BCUT2D eigenvalue weighted by molar-refractivity contribution is 5.77. The first kappa shape index (κ1) is 16.0. The molecule has 1 amide bonds. The van der Waals surface area contributed by atoms with E-state index >= 15 is 0 Å². The first-order chi connectivity index (χ1) is 11.8. The minimum atomic E-state index is -0.0163. The quantitative estimate of drug-likeness (QED) is 0.816. The molecule has 6 heteroatoms. The molecule has 130 valence electrons. The molecule has 2 atom stereocenters. The van der Waals surface area contributed by atoms with Crippen molar-refractivity contribution < 1.29 is 14.3 Å². The number of hydrogen-bond acceptors (Lipinski definition) is 5. The number of fused-ring (bicyclic) bond motifs is 1. The maximum atomic E-state index is 12.7. The molecule has 4 rings (SSSR count). The van der Waals surface area contributed by atoms with Crippen molar-refractivity contribution in [2.45, 2.75) is 13.0 Å². The zero-order valence-electron chi connectivity index (χ0n) is 14.0. The van der Waals surface area contributed by atoms with Gasteiger partial charge >= 0.3 is 0 Å². The number of likely N-dealkylation sites (tertiary alicyclic amines) is 1. The number of morpholine rings is 1. The van der Waals surface area contributed by atoms with Gasteiger partial charge in [-0.2, -0.15) is 0 Å². The molecule has 3 aliphatic rings. The smallest absolute Gasteiger partial charge is 0.223 e. The summed E-state index contributed by atoms with van der Waals surface area (Å²) in [4.78, 5) is 21.4. The number of carbonyl (C=O) groups is 1. The normalized spacial score (nSPS) is 30.5. The van der Waals surface area contributed by atoms with Gasteiger partial charge in [0.05, 0.1) is 26.4 Å². The van der Waals surface area contributed by atoms with Crippen LogP contribution < -0.4 is 0 Å². The maximum Gasteiger partial charge on any atom is 0.223 e. The largest absolute Gasteiger partial charge is 0.380 e. The van der Waals surface area contributed by atoms with E-state index in [-0.39, 0.29) is 11.3 Å². The number of ether oxygens (including phenoxy) is 2. The highest BCUT2D eigenvalue weighted by Crippen LogP contribution is 2.44. The Morgan fingerprint density at radius 1 is 1.33 bits per heavy atom. The minimum absolute atomic E-state index is 0.0163. The van der Waals surface area contributed by atoms with Gasteiger partial charge in [-0.25, -0.2) is 0 Å². The van der Waals surface area contributed by atoms with Crippen molar-refractivity contribution in [1.82, 2.24) is 14.8 Å². The van der Waals surface area contributed by atoms with Crippen molar-refractivity contribution in [1.29, 1.82) is 0 Å². The van der Waals surface area contributed by atoms with Crippen molar-refractivity contribution in [3.63, 3.8) is 0 Å². The molecule has 0 unspecified atom stereocenters. The SMILES string of the molecule is O=C(C[C@]12COC[C@H]1CN(Cc1cccnc1)C2)N1CCOCC1. The monoisotopic (exact) mass is 331 g/mol. The molecular weight excluding hydrogens is 306 g/mol. The molecule has 1 aromatic heterocycles. The number of aromatic nitrogens is 1. The molecule has 0 aliphatic carbocycles. The third-order valence-corrected chi connectivity index (χ3v) is 5.59. The van der Waals surface area contributed by atoms with Gasteiger partial charge in [0.25, 0.3) is 0 Å². The van der Waals surface area contributed by atoms with Crippen LogP contribution in [-0.4, -0.2) is 73.3 Å². The number of nitrogens with zero attached hydrogens (tertiary/aromatic N) is 3. The summed E-state index contributed by atoms with van der Waals surface area (Å²) in [7, 11) is 0.